The highest BCUT2D eigenvalue weighted by molar-refractivity contribution is 7.92. The van der Waals surface area contributed by atoms with Crippen molar-refractivity contribution in [3.05, 3.63) is 47.8 Å². The predicted molar refractivity (Wildman–Crippen MR) is 109 cm³/mol. The third-order valence-corrected chi connectivity index (χ3v) is 7.85. The van der Waals surface area contributed by atoms with Crippen LogP contribution < -0.4 is 9.62 Å². The van der Waals surface area contributed by atoms with Gasteiger partial charge in [-0.25, -0.2) is 8.42 Å². The summed E-state index contributed by atoms with van der Waals surface area (Å²) in [5.41, 5.74) is 2.14. The summed E-state index contributed by atoms with van der Waals surface area (Å²) in [6.45, 7) is 2.59. The van der Waals surface area contributed by atoms with Gasteiger partial charge in [-0.05, 0) is 42.9 Å². The zero-order valence-electron chi connectivity index (χ0n) is 16.4. The van der Waals surface area contributed by atoms with Gasteiger partial charge in [0.25, 0.3) is 15.9 Å². The van der Waals surface area contributed by atoms with E-state index in [0.29, 0.717) is 24.6 Å². The molecule has 0 unspecified atom stereocenters. The number of nitrogens with zero attached hydrogens (tertiary/aromatic N) is 2. The molecular formula is C21H27N3O3S. The van der Waals surface area contributed by atoms with Crippen LogP contribution in [0.1, 0.15) is 48.7 Å². The standard InChI is InChI=1S/C21H27N3O3S/c1-15-7-3-5-9-18(15)22-21(25)20-13-17(14-23(20)2)28(26,27)24-12-11-16-8-4-6-10-19(16)24/h4,6,8,10,13-15,18H,3,5,7,9,11-12H2,1-2H3,(H,22,25)/t15-,18-/m0/s1. The summed E-state index contributed by atoms with van der Waals surface area (Å²) in [7, 11) is -1.98. The van der Waals surface area contributed by atoms with Crippen LogP contribution in [0.15, 0.2) is 41.4 Å². The van der Waals surface area contributed by atoms with Crippen molar-refractivity contribution in [3.8, 4) is 0 Å². The van der Waals surface area contributed by atoms with Gasteiger partial charge in [0.1, 0.15) is 10.6 Å². The molecule has 2 aliphatic rings. The van der Waals surface area contributed by atoms with E-state index in [1.54, 1.807) is 11.6 Å². The Morgan fingerprint density at radius 1 is 1.18 bits per heavy atom. The molecule has 1 saturated carbocycles. The Balaban J connectivity index is 1.58. The van der Waals surface area contributed by atoms with E-state index in [1.165, 1.54) is 23.0 Å². The number of rotatable bonds is 4. The third-order valence-electron chi connectivity index (χ3n) is 6.07. The van der Waals surface area contributed by atoms with Crippen LogP contribution in [-0.4, -0.2) is 31.5 Å². The highest BCUT2D eigenvalue weighted by Crippen LogP contribution is 2.33. The Kier molecular flexibility index (Phi) is 4.95. The van der Waals surface area contributed by atoms with Crippen LogP contribution in [0.25, 0.3) is 0 Å². The lowest BCUT2D eigenvalue weighted by Crippen LogP contribution is -2.41. The van der Waals surface area contributed by atoms with Gasteiger partial charge in [0, 0.05) is 25.8 Å². The lowest BCUT2D eigenvalue weighted by molar-refractivity contribution is 0.0902. The van der Waals surface area contributed by atoms with Crippen LogP contribution in [0.5, 0.6) is 0 Å². The zero-order valence-corrected chi connectivity index (χ0v) is 17.2. The monoisotopic (exact) mass is 401 g/mol. The second-order valence-corrected chi connectivity index (χ2v) is 9.83. The molecule has 6 nitrogen and oxygen atoms in total. The Hall–Kier alpha value is -2.28. The van der Waals surface area contributed by atoms with Gasteiger partial charge in [0.15, 0.2) is 0 Å². The number of hydrogen-bond acceptors (Lipinski definition) is 3. The van der Waals surface area contributed by atoms with Gasteiger partial charge in [0.2, 0.25) is 0 Å². The second kappa shape index (κ2) is 7.28. The van der Waals surface area contributed by atoms with Gasteiger partial charge in [-0.1, -0.05) is 38.0 Å². The molecule has 7 heteroatoms. The van der Waals surface area contributed by atoms with E-state index < -0.39 is 10.0 Å². The number of benzene rings is 1. The quantitative estimate of drug-likeness (QED) is 0.856. The normalized spacial score (nSPS) is 22.1. The number of para-hydroxylation sites is 1. The van der Waals surface area contributed by atoms with Gasteiger partial charge in [-0.3, -0.25) is 9.10 Å². The van der Waals surface area contributed by atoms with Gasteiger partial charge < -0.3 is 9.88 Å². The third kappa shape index (κ3) is 3.32. The molecule has 1 N–H and O–H groups in total. The van der Waals surface area contributed by atoms with Gasteiger partial charge in [-0.15, -0.1) is 0 Å². The van der Waals surface area contributed by atoms with Crippen LogP contribution >= 0.6 is 0 Å². The van der Waals surface area contributed by atoms with Crippen LogP contribution in [0, 0.1) is 5.92 Å². The molecule has 1 aliphatic carbocycles. The molecular weight excluding hydrogens is 374 g/mol. The number of aryl methyl sites for hydroxylation is 1. The zero-order chi connectivity index (χ0) is 19.9. The van der Waals surface area contributed by atoms with E-state index >= 15 is 0 Å². The van der Waals surface area contributed by atoms with E-state index in [9.17, 15) is 13.2 Å². The molecule has 0 saturated heterocycles. The molecule has 28 heavy (non-hydrogen) atoms. The van der Waals surface area contributed by atoms with Crippen molar-refractivity contribution >= 4 is 21.6 Å². The maximum absolute atomic E-state index is 13.2. The molecule has 1 amide bonds. The predicted octanol–water partition coefficient (Wildman–Crippen LogP) is 3.09. The first-order chi connectivity index (χ1) is 13.4. The fraction of sp³-hybridized carbons (Fsp3) is 0.476. The number of nitrogens with one attached hydrogen (secondary N) is 1. The van der Waals surface area contributed by atoms with Gasteiger partial charge in [-0.2, -0.15) is 0 Å². The van der Waals surface area contributed by atoms with E-state index in [1.807, 2.05) is 24.3 Å². The summed E-state index contributed by atoms with van der Waals surface area (Å²) < 4.78 is 29.5. The number of carbonyl (C=O) groups is 1. The van der Waals surface area contributed by atoms with Crippen LogP contribution in [-0.2, 0) is 23.5 Å². The molecule has 2 heterocycles. The maximum atomic E-state index is 13.2. The Bertz CT molecular complexity index is 996. The molecule has 1 aromatic carbocycles. The Labute approximate surface area is 166 Å². The maximum Gasteiger partial charge on any atom is 0.268 e. The van der Waals surface area contributed by atoms with Crippen LogP contribution in [0.3, 0.4) is 0 Å². The molecule has 2 atom stereocenters. The number of carbonyl (C=O) groups excluding carboxylic acids is 1. The summed E-state index contributed by atoms with van der Waals surface area (Å²) in [4.78, 5) is 13.0. The molecule has 150 valence electrons. The summed E-state index contributed by atoms with van der Waals surface area (Å²) in [6.07, 6.45) is 6.66. The molecule has 0 bridgehead atoms. The number of anilines is 1. The SMILES string of the molecule is C[C@H]1CCCC[C@@H]1NC(=O)c1cc(S(=O)(=O)N2CCc3ccccc32)cn1C. The number of hydrogen-bond donors (Lipinski definition) is 1. The summed E-state index contributed by atoms with van der Waals surface area (Å²) in [5.74, 6) is 0.242. The minimum atomic E-state index is -3.70. The molecule has 0 spiro atoms. The summed E-state index contributed by atoms with van der Waals surface area (Å²) in [5, 5.41) is 3.11. The fourth-order valence-electron chi connectivity index (χ4n) is 4.36. The first kappa shape index (κ1) is 19.1. The number of amides is 1. The van der Waals surface area contributed by atoms with Crippen molar-refractivity contribution in [3.63, 3.8) is 0 Å². The van der Waals surface area contributed by atoms with Crippen molar-refractivity contribution in [1.29, 1.82) is 0 Å². The lowest BCUT2D eigenvalue weighted by Gasteiger charge is -2.29. The topological polar surface area (TPSA) is 71.4 Å². The Morgan fingerprint density at radius 3 is 2.71 bits per heavy atom. The lowest BCUT2D eigenvalue weighted by atomic mass is 9.86. The minimum Gasteiger partial charge on any atom is -0.348 e. The molecule has 0 radical (unpaired) electrons. The average molecular weight is 402 g/mol. The van der Waals surface area contributed by atoms with Crippen LogP contribution in [0.4, 0.5) is 5.69 Å². The van der Waals surface area contributed by atoms with Crippen molar-refractivity contribution in [1.82, 2.24) is 9.88 Å². The van der Waals surface area contributed by atoms with E-state index in [-0.39, 0.29) is 16.8 Å². The van der Waals surface area contributed by atoms with E-state index in [4.69, 9.17) is 0 Å². The molecule has 1 aromatic heterocycles. The Morgan fingerprint density at radius 2 is 1.93 bits per heavy atom. The molecule has 1 fully saturated rings. The first-order valence-electron chi connectivity index (χ1n) is 9.96. The molecule has 2 aromatic rings. The highest BCUT2D eigenvalue weighted by atomic mass is 32.2. The van der Waals surface area contributed by atoms with Crippen LogP contribution in [0.2, 0.25) is 0 Å². The van der Waals surface area contributed by atoms with E-state index in [0.717, 1.165) is 30.5 Å². The van der Waals surface area contributed by atoms with Crippen molar-refractivity contribution in [2.24, 2.45) is 13.0 Å². The minimum absolute atomic E-state index is 0.154. The molecule has 4 rings (SSSR count). The first-order valence-corrected chi connectivity index (χ1v) is 11.4. The summed E-state index contributed by atoms with van der Waals surface area (Å²) in [6, 6.07) is 9.22. The largest absolute Gasteiger partial charge is 0.348 e. The van der Waals surface area contributed by atoms with Crippen molar-refractivity contribution < 1.29 is 13.2 Å². The van der Waals surface area contributed by atoms with E-state index in [2.05, 4.69) is 12.2 Å². The van der Waals surface area contributed by atoms with Gasteiger partial charge in [0.05, 0.1) is 5.69 Å². The number of aromatic nitrogens is 1. The average Bonchev–Trinajstić information content (AvgIpc) is 3.28. The number of sulfonamides is 1. The molecule has 1 aliphatic heterocycles. The van der Waals surface area contributed by atoms with Crippen molar-refractivity contribution in [2.75, 3.05) is 10.8 Å². The number of fused-ring (bicyclic) bond motifs is 1. The summed E-state index contributed by atoms with van der Waals surface area (Å²) >= 11 is 0. The highest BCUT2D eigenvalue weighted by Gasteiger charge is 2.32. The second-order valence-electron chi connectivity index (χ2n) is 7.97. The smallest absolute Gasteiger partial charge is 0.268 e. The fourth-order valence-corrected chi connectivity index (χ4v) is 5.93. The van der Waals surface area contributed by atoms with Gasteiger partial charge >= 0.3 is 0 Å². The van der Waals surface area contributed by atoms with Crippen molar-refractivity contribution in [2.45, 2.75) is 50.0 Å².